The van der Waals surface area contributed by atoms with Crippen molar-refractivity contribution in [1.82, 2.24) is 0 Å². The molecule has 126 valence electrons. The van der Waals surface area contributed by atoms with Gasteiger partial charge in [0.1, 0.15) is 0 Å². The van der Waals surface area contributed by atoms with E-state index in [2.05, 4.69) is 31.9 Å². The number of hydrogen-bond donors (Lipinski definition) is 0. The molecule has 1 fully saturated rings. The molecule has 0 N–H and O–H groups in total. The molecule has 7 heteroatoms. The van der Waals surface area contributed by atoms with Gasteiger partial charge in [-0.3, -0.25) is 0 Å². The Labute approximate surface area is 144 Å². The average Bonchev–Trinajstić information content (AvgIpc) is 2.50. The third-order valence-corrected chi connectivity index (χ3v) is 5.48. The predicted molar refractivity (Wildman–Crippen MR) is 88.8 cm³/mol. The van der Waals surface area contributed by atoms with E-state index in [0.29, 0.717) is 63.5 Å². The normalized spacial score (nSPS) is 34.9. The summed E-state index contributed by atoms with van der Waals surface area (Å²) < 4.78 is 28.5. The molecule has 0 aromatic rings. The quantitative estimate of drug-likeness (QED) is 0.625. The first-order chi connectivity index (χ1) is 10.0. The van der Waals surface area contributed by atoms with Crippen molar-refractivity contribution in [2.24, 2.45) is 0 Å². The van der Waals surface area contributed by atoms with Gasteiger partial charge in [-0.15, -0.1) is 0 Å². The van der Waals surface area contributed by atoms with Crippen LogP contribution >= 0.6 is 31.9 Å². The highest BCUT2D eigenvalue weighted by Crippen LogP contribution is 2.17. The van der Waals surface area contributed by atoms with E-state index < -0.39 is 0 Å². The van der Waals surface area contributed by atoms with Crippen LogP contribution in [0.1, 0.15) is 13.8 Å². The maximum absolute atomic E-state index is 5.90. The van der Waals surface area contributed by atoms with Crippen molar-refractivity contribution in [2.75, 3.05) is 63.5 Å². The van der Waals surface area contributed by atoms with E-state index >= 15 is 0 Å². The van der Waals surface area contributed by atoms with Crippen molar-refractivity contribution in [2.45, 2.75) is 25.0 Å². The van der Waals surface area contributed by atoms with E-state index in [9.17, 15) is 0 Å². The van der Waals surface area contributed by atoms with Gasteiger partial charge in [-0.2, -0.15) is 0 Å². The van der Waals surface area contributed by atoms with Crippen LogP contribution in [-0.2, 0) is 23.7 Å². The Balaban J connectivity index is 2.51. The summed E-state index contributed by atoms with van der Waals surface area (Å²) in [6.45, 7) is 8.36. The molecule has 1 rings (SSSR count). The first-order valence-corrected chi connectivity index (χ1v) is 9.41. The summed E-state index contributed by atoms with van der Waals surface area (Å²) in [4.78, 5) is 0. The molecule has 0 spiro atoms. The summed E-state index contributed by atoms with van der Waals surface area (Å²) in [7, 11) is 0. The highest BCUT2D eigenvalue weighted by atomic mass is 79.9. The third-order valence-electron chi connectivity index (χ3n) is 3.11. The lowest BCUT2D eigenvalue weighted by atomic mass is 10.1. The fourth-order valence-corrected chi connectivity index (χ4v) is 2.38. The summed E-state index contributed by atoms with van der Waals surface area (Å²) in [5.41, 5.74) is -0.713. The fourth-order valence-electron chi connectivity index (χ4n) is 1.73. The highest BCUT2D eigenvalue weighted by Gasteiger charge is 2.27. The van der Waals surface area contributed by atoms with E-state index in [1.807, 2.05) is 13.8 Å². The van der Waals surface area contributed by atoms with Gasteiger partial charge in [0.25, 0.3) is 0 Å². The number of alkyl halides is 2. The number of ether oxygens (including phenoxy) is 5. The Bertz CT molecular complexity index is 256. The molecule has 0 aliphatic carbocycles. The molecule has 0 radical (unpaired) electrons. The number of rotatable bonds is 2. The second kappa shape index (κ2) is 10.5. The molecule has 1 aliphatic rings. The van der Waals surface area contributed by atoms with E-state index in [1.54, 1.807) is 0 Å². The van der Waals surface area contributed by atoms with Gasteiger partial charge in [-0.05, 0) is 13.8 Å². The van der Waals surface area contributed by atoms with Crippen LogP contribution in [0, 0.1) is 0 Å². The minimum atomic E-state index is -0.356. The van der Waals surface area contributed by atoms with Gasteiger partial charge >= 0.3 is 0 Å². The molecule has 1 heterocycles. The van der Waals surface area contributed by atoms with Crippen molar-refractivity contribution in [3.05, 3.63) is 0 Å². The van der Waals surface area contributed by atoms with Crippen LogP contribution in [0.5, 0.6) is 0 Å². The Morgan fingerprint density at radius 3 is 1.43 bits per heavy atom. The summed E-state index contributed by atoms with van der Waals surface area (Å²) in [5, 5.41) is 1.42. The molecule has 2 unspecified atom stereocenters. The van der Waals surface area contributed by atoms with Crippen LogP contribution in [0.15, 0.2) is 0 Å². The molecular formula is C14H26Br2O5. The topological polar surface area (TPSA) is 46.2 Å². The fraction of sp³-hybridized carbons (Fsp3) is 1.00. The van der Waals surface area contributed by atoms with E-state index in [1.165, 1.54) is 0 Å². The smallest absolute Gasteiger partial charge is 0.0984 e. The molecule has 0 bridgehead atoms. The monoisotopic (exact) mass is 432 g/mol. The maximum Gasteiger partial charge on any atom is 0.0984 e. The number of halogens is 2. The van der Waals surface area contributed by atoms with Gasteiger partial charge in [0.2, 0.25) is 0 Å². The van der Waals surface area contributed by atoms with Gasteiger partial charge < -0.3 is 23.7 Å². The van der Waals surface area contributed by atoms with Gasteiger partial charge in [-0.1, -0.05) is 31.9 Å². The second-order valence-electron chi connectivity index (χ2n) is 5.58. The second-order valence-corrected chi connectivity index (χ2v) is 6.70. The zero-order chi connectivity index (χ0) is 15.6. The molecular weight excluding hydrogens is 408 g/mol. The third kappa shape index (κ3) is 8.25. The van der Waals surface area contributed by atoms with E-state index in [0.717, 1.165) is 0 Å². The first kappa shape index (κ1) is 19.8. The lowest BCUT2D eigenvalue weighted by Crippen LogP contribution is -2.40. The van der Waals surface area contributed by atoms with Crippen molar-refractivity contribution in [1.29, 1.82) is 0 Å². The molecule has 21 heavy (non-hydrogen) atoms. The summed E-state index contributed by atoms with van der Waals surface area (Å²) in [5.74, 6) is 0. The van der Waals surface area contributed by atoms with Crippen LogP contribution in [0.4, 0.5) is 0 Å². The molecule has 0 aromatic heterocycles. The Hall–Kier alpha value is 0.760. The van der Waals surface area contributed by atoms with Crippen LogP contribution in [0.2, 0.25) is 0 Å². The predicted octanol–water partition coefficient (Wildman–Crippen LogP) is 2.39. The molecule has 0 aromatic carbocycles. The SMILES string of the molecule is CC1(CBr)COCCOCCOCC(C)(CBr)OCCO1. The van der Waals surface area contributed by atoms with E-state index in [-0.39, 0.29) is 11.2 Å². The van der Waals surface area contributed by atoms with Gasteiger partial charge in [-0.25, -0.2) is 0 Å². The molecule has 1 aliphatic heterocycles. The van der Waals surface area contributed by atoms with Crippen molar-refractivity contribution in [3.63, 3.8) is 0 Å². The Morgan fingerprint density at radius 2 is 1.05 bits per heavy atom. The number of hydrogen-bond acceptors (Lipinski definition) is 5. The Morgan fingerprint density at radius 1 is 0.667 bits per heavy atom. The van der Waals surface area contributed by atoms with Crippen LogP contribution in [0.25, 0.3) is 0 Å². The zero-order valence-corrected chi connectivity index (χ0v) is 16.0. The summed E-state index contributed by atoms with van der Waals surface area (Å²) in [6.07, 6.45) is 0. The van der Waals surface area contributed by atoms with Crippen molar-refractivity contribution < 1.29 is 23.7 Å². The van der Waals surface area contributed by atoms with E-state index in [4.69, 9.17) is 23.7 Å². The van der Waals surface area contributed by atoms with Crippen LogP contribution in [0.3, 0.4) is 0 Å². The van der Waals surface area contributed by atoms with Crippen molar-refractivity contribution in [3.8, 4) is 0 Å². The zero-order valence-electron chi connectivity index (χ0n) is 12.9. The minimum absolute atomic E-state index is 0.356. The first-order valence-electron chi connectivity index (χ1n) is 7.17. The largest absolute Gasteiger partial charge is 0.377 e. The molecule has 2 atom stereocenters. The standard InChI is InChI=1S/C14H26Br2O5/c1-13(9-15)11-18-5-3-17-4-6-19-12-14(2,10-16)21-8-7-20-13/h3-12H2,1-2H3. The maximum atomic E-state index is 5.90. The van der Waals surface area contributed by atoms with Gasteiger partial charge in [0.15, 0.2) is 0 Å². The molecule has 0 saturated carbocycles. The van der Waals surface area contributed by atoms with Crippen LogP contribution < -0.4 is 0 Å². The lowest BCUT2D eigenvalue weighted by molar-refractivity contribution is -0.118. The summed E-state index contributed by atoms with van der Waals surface area (Å²) >= 11 is 6.96. The Kier molecular flexibility index (Phi) is 9.92. The van der Waals surface area contributed by atoms with Crippen LogP contribution in [-0.4, -0.2) is 74.7 Å². The highest BCUT2D eigenvalue weighted by molar-refractivity contribution is 9.09. The molecule has 1 saturated heterocycles. The minimum Gasteiger partial charge on any atom is -0.377 e. The lowest BCUT2D eigenvalue weighted by Gasteiger charge is -2.30. The average molecular weight is 434 g/mol. The van der Waals surface area contributed by atoms with Gasteiger partial charge in [0, 0.05) is 10.7 Å². The molecule has 5 nitrogen and oxygen atoms in total. The van der Waals surface area contributed by atoms with Gasteiger partial charge in [0.05, 0.1) is 64.1 Å². The molecule has 0 amide bonds. The summed E-state index contributed by atoms with van der Waals surface area (Å²) in [6, 6.07) is 0. The van der Waals surface area contributed by atoms with Crippen molar-refractivity contribution >= 4 is 31.9 Å².